The highest BCUT2D eigenvalue weighted by molar-refractivity contribution is 7.86. The number of nitrogens with zero attached hydrogens (tertiary/aromatic N) is 2. The van der Waals surface area contributed by atoms with Crippen LogP contribution in [0.4, 0.5) is 0 Å². The van der Waals surface area contributed by atoms with E-state index in [1.165, 1.54) is 0 Å². The Kier molecular flexibility index (Phi) is 8.42. The van der Waals surface area contributed by atoms with Crippen LogP contribution < -0.4 is 5.32 Å². The van der Waals surface area contributed by atoms with Gasteiger partial charge in [-0.1, -0.05) is 19.9 Å². The number of hydrogen-bond donors (Lipinski definition) is 2. The molecule has 1 fully saturated rings. The minimum absolute atomic E-state index is 0.00458. The molecule has 2 heterocycles. The first-order valence-corrected chi connectivity index (χ1v) is 12.6. The van der Waals surface area contributed by atoms with Crippen molar-refractivity contribution in [3.63, 3.8) is 0 Å². The second kappa shape index (κ2) is 10.9. The summed E-state index contributed by atoms with van der Waals surface area (Å²) in [7, 11) is -3.69. The molecule has 3 rings (SSSR count). The number of ether oxygens (including phenoxy) is 1. The van der Waals surface area contributed by atoms with E-state index in [1.54, 1.807) is 32.0 Å². The molecule has 1 saturated heterocycles. The molecule has 1 aromatic rings. The summed E-state index contributed by atoms with van der Waals surface area (Å²) < 4.78 is 34.4. The number of carbonyl (C=O) groups is 3. The molecular formula is C22H31N3O8S. The van der Waals surface area contributed by atoms with Crippen LogP contribution in [-0.4, -0.2) is 93.0 Å². The van der Waals surface area contributed by atoms with Crippen molar-refractivity contribution in [2.24, 2.45) is 5.41 Å². The molecule has 1 aromatic carbocycles. The molecule has 2 N–H and O–H groups in total. The van der Waals surface area contributed by atoms with Crippen LogP contribution in [0.5, 0.6) is 0 Å². The third-order valence-corrected chi connectivity index (χ3v) is 6.84. The predicted octanol–water partition coefficient (Wildman–Crippen LogP) is 0.509. The molecule has 0 atom stereocenters. The number of nitrogens with one attached hydrogen (secondary N) is 1. The average Bonchev–Trinajstić information content (AvgIpc) is 2.99. The van der Waals surface area contributed by atoms with Crippen LogP contribution in [0, 0.1) is 5.41 Å². The summed E-state index contributed by atoms with van der Waals surface area (Å²) in [6, 6.07) is 4.81. The fourth-order valence-corrected chi connectivity index (χ4v) is 4.80. The van der Waals surface area contributed by atoms with E-state index in [0.717, 1.165) is 4.90 Å². The fourth-order valence-electron chi connectivity index (χ4n) is 3.94. The normalized spacial score (nSPS) is 17.3. The zero-order valence-electron chi connectivity index (χ0n) is 19.4. The SMILES string of the molecule is CC(C)(CC(=O)O)CN1C(=O)c2ccc(CNCOS(=O)(=O)CCN3CCOCC3)cc2C1=O. The lowest BCUT2D eigenvalue weighted by Crippen LogP contribution is -2.39. The molecule has 0 saturated carbocycles. The van der Waals surface area contributed by atoms with Crippen molar-refractivity contribution in [1.29, 1.82) is 0 Å². The number of hydrogen-bond acceptors (Lipinski definition) is 9. The number of carboxylic acid groups (broad SMARTS) is 1. The molecular weight excluding hydrogens is 466 g/mol. The molecule has 0 aliphatic carbocycles. The van der Waals surface area contributed by atoms with E-state index in [-0.39, 0.29) is 43.1 Å². The number of carbonyl (C=O) groups excluding carboxylic acids is 2. The smallest absolute Gasteiger partial charge is 0.303 e. The van der Waals surface area contributed by atoms with Gasteiger partial charge < -0.3 is 9.84 Å². The van der Waals surface area contributed by atoms with Gasteiger partial charge in [0.25, 0.3) is 21.9 Å². The molecule has 2 aliphatic rings. The van der Waals surface area contributed by atoms with Crippen LogP contribution >= 0.6 is 0 Å². The molecule has 0 spiro atoms. The van der Waals surface area contributed by atoms with Gasteiger partial charge in [-0.25, -0.2) is 0 Å². The van der Waals surface area contributed by atoms with Crippen molar-refractivity contribution in [2.75, 3.05) is 51.9 Å². The van der Waals surface area contributed by atoms with Gasteiger partial charge in [-0.15, -0.1) is 0 Å². The highest BCUT2D eigenvalue weighted by atomic mass is 32.2. The van der Waals surface area contributed by atoms with E-state index in [0.29, 0.717) is 38.4 Å². The Morgan fingerprint density at radius 3 is 2.53 bits per heavy atom. The van der Waals surface area contributed by atoms with E-state index in [9.17, 15) is 22.8 Å². The number of amides is 2. The van der Waals surface area contributed by atoms with Gasteiger partial charge in [0.2, 0.25) is 0 Å². The maximum atomic E-state index is 12.8. The van der Waals surface area contributed by atoms with E-state index in [2.05, 4.69) is 5.32 Å². The zero-order chi connectivity index (χ0) is 24.9. The number of benzene rings is 1. The third kappa shape index (κ3) is 7.06. The van der Waals surface area contributed by atoms with Gasteiger partial charge >= 0.3 is 5.97 Å². The molecule has 0 aromatic heterocycles. The van der Waals surface area contributed by atoms with Crippen molar-refractivity contribution in [3.8, 4) is 0 Å². The topological polar surface area (TPSA) is 143 Å². The first-order valence-electron chi connectivity index (χ1n) is 11.1. The first-order chi connectivity index (χ1) is 16.0. The van der Waals surface area contributed by atoms with Crippen molar-refractivity contribution in [1.82, 2.24) is 15.1 Å². The lowest BCUT2D eigenvalue weighted by molar-refractivity contribution is -0.139. The average molecular weight is 498 g/mol. The van der Waals surface area contributed by atoms with Gasteiger partial charge in [-0.3, -0.25) is 33.7 Å². The van der Waals surface area contributed by atoms with Gasteiger partial charge in [0.1, 0.15) is 6.73 Å². The van der Waals surface area contributed by atoms with Crippen molar-refractivity contribution in [3.05, 3.63) is 34.9 Å². The molecule has 2 amide bonds. The quantitative estimate of drug-likeness (QED) is 0.181. The first kappa shape index (κ1) is 26.2. The van der Waals surface area contributed by atoms with Crippen LogP contribution in [0.2, 0.25) is 0 Å². The highest BCUT2D eigenvalue weighted by Gasteiger charge is 2.39. The number of imide groups is 1. The van der Waals surface area contributed by atoms with E-state index < -0.39 is 33.3 Å². The van der Waals surface area contributed by atoms with Crippen LogP contribution in [0.1, 0.15) is 46.5 Å². The van der Waals surface area contributed by atoms with Gasteiger partial charge in [0.15, 0.2) is 0 Å². The standard InChI is InChI=1S/C22H31N3O8S/c1-22(2,12-19(26)27)14-25-20(28)17-4-3-16(11-18(17)21(25)29)13-23-15-33-34(30,31)10-7-24-5-8-32-9-6-24/h3-4,11,23H,5-10,12-15H2,1-2H3,(H,26,27). The van der Waals surface area contributed by atoms with Crippen molar-refractivity contribution < 1.29 is 36.8 Å². The number of carboxylic acids is 1. The Hall–Kier alpha value is -2.38. The van der Waals surface area contributed by atoms with Crippen molar-refractivity contribution >= 4 is 27.9 Å². The Morgan fingerprint density at radius 1 is 1.18 bits per heavy atom. The summed E-state index contributed by atoms with van der Waals surface area (Å²) in [5, 5.41) is 11.9. The second-order valence-electron chi connectivity index (χ2n) is 9.22. The molecule has 0 radical (unpaired) electrons. The second-order valence-corrected chi connectivity index (χ2v) is 11.0. The predicted molar refractivity (Wildman–Crippen MR) is 122 cm³/mol. The van der Waals surface area contributed by atoms with E-state index in [4.69, 9.17) is 14.0 Å². The summed E-state index contributed by atoms with van der Waals surface area (Å²) in [6.07, 6.45) is -0.176. The largest absolute Gasteiger partial charge is 0.481 e. The number of morpholine rings is 1. The minimum atomic E-state index is -3.69. The van der Waals surface area contributed by atoms with Gasteiger partial charge in [-0.05, 0) is 23.1 Å². The summed E-state index contributed by atoms with van der Waals surface area (Å²) in [5.74, 6) is -2.03. The number of rotatable bonds is 12. The molecule has 34 heavy (non-hydrogen) atoms. The van der Waals surface area contributed by atoms with Crippen molar-refractivity contribution in [2.45, 2.75) is 26.8 Å². The number of fused-ring (bicyclic) bond motifs is 1. The lowest BCUT2D eigenvalue weighted by Gasteiger charge is -2.27. The maximum absolute atomic E-state index is 12.8. The molecule has 0 bridgehead atoms. The summed E-state index contributed by atoms with van der Waals surface area (Å²) >= 11 is 0. The molecule has 2 aliphatic heterocycles. The van der Waals surface area contributed by atoms with Gasteiger partial charge in [0, 0.05) is 32.7 Å². The third-order valence-electron chi connectivity index (χ3n) is 5.68. The monoisotopic (exact) mass is 497 g/mol. The molecule has 188 valence electrons. The van der Waals surface area contributed by atoms with E-state index in [1.807, 2.05) is 4.90 Å². The minimum Gasteiger partial charge on any atom is -0.481 e. The van der Waals surface area contributed by atoms with Crippen LogP contribution in [0.3, 0.4) is 0 Å². The molecule has 12 heteroatoms. The maximum Gasteiger partial charge on any atom is 0.303 e. The summed E-state index contributed by atoms with van der Waals surface area (Å²) in [6.45, 7) is 6.35. The van der Waals surface area contributed by atoms with Crippen LogP contribution in [0.25, 0.3) is 0 Å². The molecule has 11 nitrogen and oxygen atoms in total. The molecule has 0 unspecified atom stereocenters. The van der Waals surface area contributed by atoms with Crippen LogP contribution in [0.15, 0.2) is 18.2 Å². The zero-order valence-corrected chi connectivity index (χ0v) is 20.2. The summed E-state index contributed by atoms with van der Waals surface area (Å²) in [5.41, 5.74) is 0.422. The Morgan fingerprint density at radius 2 is 1.85 bits per heavy atom. The van der Waals surface area contributed by atoms with Crippen LogP contribution in [-0.2, 0) is 30.4 Å². The van der Waals surface area contributed by atoms with E-state index >= 15 is 0 Å². The highest BCUT2D eigenvalue weighted by Crippen LogP contribution is 2.29. The Labute approximate surface area is 199 Å². The number of aliphatic carboxylic acids is 1. The fraction of sp³-hybridized carbons (Fsp3) is 0.591. The summed E-state index contributed by atoms with van der Waals surface area (Å²) in [4.78, 5) is 39.6. The lowest BCUT2D eigenvalue weighted by atomic mass is 9.89. The van der Waals surface area contributed by atoms with Gasteiger partial charge in [-0.2, -0.15) is 8.42 Å². The van der Waals surface area contributed by atoms with Gasteiger partial charge in [0.05, 0.1) is 36.5 Å². The Balaban J connectivity index is 1.50. The Bertz CT molecular complexity index is 1030.